The van der Waals surface area contributed by atoms with Gasteiger partial charge in [0.05, 0.1) is 17.7 Å². The Morgan fingerprint density at radius 3 is 2.47 bits per heavy atom. The van der Waals surface area contributed by atoms with Gasteiger partial charge in [0, 0.05) is 16.4 Å². The largest absolute Gasteiger partial charge is 0.349 e. The van der Waals surface area contributed by atoms with Crippen LogP contribution in [0, 0.1) is 17.2 Å². The molecule has 1 heterocycles. The van der Waals surface area contributed by atoms with Crippen molar-refractivity contribution in [1.29, 1.82) is 5.26 Å². The van der Waals surface area contributed by atoms with Crippen LogP contribution in [0.15, 0.2) is 60.7 Å². The number of rotatable bonds is 5. The lowest BCUT2D eigenvalue weighted by Crippen LogP contribution is -2.49. The molecular formula is C27H28ClN3O. The first-order valence-electron chi connectivity index (χ1n) is 11.1. The number of nitriles is 1. The van der Waals surface area contributed by atoms with Crippen molar-refractivity contribution in [3.63, 3.8) is 0 Å². The van der Waals surface area contributed by atoms with Crippen LogP contribution in [0.1, 0.15) is 49.4 Å². The molecule has 3 aromatic carbocycles. The van der Waals surface area contributed by atoms with Crippen molar-refractivity contribution in [2.24, 2.45) is 5.92 Å². The molecule has 0 radical (unpaired) electrons. The van der Waals surface area contributed by atoms with Crippen molar-refractivity contribution in [1.82, 2.24) is 10.6 Å². The van der Waals surface area contributed by atoms with Gasteiger partial charge in [-0.3, -0.25) is 4.79 Å². The molecule has 1 amide bonds. The molecular weight excluding hydrogens is 418 g/mol. The lowest BCUT2D eigenvalue weighted by molar-refractivity contribution is -0.127. The van der Waals surface area contributed by atoms with E-state index in [-0.39, 0.29) is 23.3 Å². The van der Waals surface area contributed by atoms with E-state index in [1.54, 1.807) is 0 Å². The van der Waals surface area contributed by atoms with Crippen LogP contribution in [0.5, 0.6) is 0 Å². The average Bonchev–Trinajstić information content (AvgIpc) is 2.83. The highest BCUT2D eigenvalue weighted by Crippen LogP contribution is 2.41. The molecule has 0 aliphatic carbocycles. The zero-order valence-corrected chi connectivity index (χ0v) is 19.2. The molecule has 0 saturated carbocycles. The van der Waals surface area contributed by atoms with E-state index >= 15 is 0 Å². The van der Waals surface area contributed by atoms with Gasteiger partial charge in [0.25, 0.3) is 0 Å². The third kappa shape index (κ3) is 4.24. The van der Waals surface area contributed by atoms with Crippen molar-refractivity contribution >= 4 is 28.3 Å². The van der Waals surface area contributed by atoms with Gasteiger partial charge in [-0.2, -0.15) is 5.26 Å². The first-order valence-corrected chi connectivity index (χ1v) is 11.5. The second kappa shape index (κ2) is 9.32. The predicted octanol–water partition coefficient (Wildman–Crippen LogP) is 5.50. The summed E-state index contributed by atoms with van der Waals surface area (Å²) in [5.41, 5.74) is 2.52. The number of fused-ring (bicyclic) bond motifs is 1. The smallest absolute Gasteiger partial charge is 0.224 e. The van der Waals surface area contributed by atoms with Gasteiger partial charge in [-0.1, -0.05) is 54.9 Å². The van der Waals surface area contributed by atoms with Crippen molar-refractivity contribution in [2.75, 3.05) is 13.1 Å². The van der Waals surface area contributed by atoms with Crippen LogP contribution in [0.2, 0.25) is 5.02 Å². The molecule has 0 aromatic heterocycles. The molecule has 164 valence electrons. The maximum atomic E-state index is 13.5. The Balaban J connectivity index is 1.62. The van der Waals surface area contributed by atoms with Crippen LogP contribution < -0.4 is 10.6 Å². The summed E-state index contributed by atoms with van der Waals surface area (Å²) in [7, 11) is 0. The first-order chi connectivity index (χ1) is 15.4. The minimum Gasteiger partial charge on any atom is -0.349 e. The van der Waals surface area contributed by atoms with Crippen molar-refractivity contribution < 1.29 is 4.79 Å². The Hall–Kier alpha value is -2.87. The second-order valence-corrected chi connectivity index (χ2v) is 9.20. The highest BCUT2D eigenvalue weighted by Gasteiger charge is 2.42. The van der Waals surface area contributed by atoms with Gasteiger partial charge >= 0.3 is 0 Å². The maximum Gasteiger partial charge on any atom is 0.224 e. The molecule has 0 bridgehead atoms. The third-order valence-electron chi connectivity index (χ3n) is 6.99. The van der Waals surface area contributed by atoms with Gasteiger partial charge in [-0.15, -0.1) is 0 Å². The summed E-state index contributed by atoms with van der Waals surface area (Å²) >= 11 is 6.37. The van der Waals surface area contributed by atoms with E-state index in [1.165, 1.54) is 0 Å². The molecule has 1 aliphatic heterocycles. The molecule has 2 unspecified atom stereocenters. The van der Waals surface area contributed by atoms with E-state index in [4.69, 9.17) is 16.9 Å². The van der Waals surface area contributed by atoms with Crippen LogP contribution in [-0.2, 0) is 10.2 Å². The van der Waals surface area contributed by atoms with Crippen LogP contribution in [0.4, 0.5) is 0 Å². The van der Waals surface area contributed by atoms with E-state index in [9.17, 15) is 4.79 Å². The molecule has 4 nitrogen and oxygen atoms in total. The van der Waals surface area contributed by atoms with E-state index in [1.807, 2.05) is 68.4 Å². The summed E-state index contributed by atoms with van der Waals surface area (Å²) in [5, 5.41) is 18.7. The van der Waals surface area contributed by atoms with E-state index in [0.717, 1.165) is 47.8 Å². The minimum atomic E-state index is -0.264. The van der Waals surface area contributed by atoms with Crippen molar-refractivity contribution in [3.8, 4) is 6.07 Å². The fraction of sp³-hybridized carbons (Fsp3) is 0.333. The molecule has 2 N–H and O–H groups in total. The van der Waals surface area contributed by atoms with Crippen molar-refractivity contribution in [3.05, 3.63) is 82.4 Å². The number of halogens is 1. The predicted molar refractivity (Wildman–Crippen MR) is 130 cm³/mol. The minimum absolute atomic E-state index is 0.0350. The third-order valence-corrected chi connectivity index (χ3v) is 7.21. The van der Waals surface area contributed by atoms with Crippen LogP contribution in [0.25, 0.3) is 10.8 Å². The lowest BCUT2D eigenvalue weighted by atomic mass is 9.65. The fourth-order valence-corrected chi connectivity index (χ4v) is 5.28. The first kappa shape index (κ1) is 22.3. The zero-order valence-electron chi connectivity index (χ0n) is 18.5. The molecule has 0 spiro atoms. The molecule has 4 rings (SSSR count). The number of nitrogens with one attached hydrogen (secondary N) is 2. The molecule has 1 fully saturated rings. The normalized spacial score (nSPS) is 17.3. The maximum absolute atomic E-state index is 13.5. The summed E-state index contributed by atoms with van der Waals surface area (Å²) in [5.74, 6) is -0.182. The van der Waals surface area contributed by atoms with E-state index in [0.29, 0.717) is 10.6 Å². The highest BCUT2D eigenvalue weighted by molar-refractivity contribution is 6.31. The van der Waals surface area contributed by atoms with Gasteiger partial charge in [0.1, 0.15) is 0 Å². The summed E-state index contributed by atoms with van der Waals surface area (Å²) in [6.45, 7) is 5.78. The van der Waals surface area contributed by atoms with Gasteiger partial charge in [-0.05, 0) is 79.0 Å². The zero-order chi connectivity index (χ0) is 22.7. The fourth-order valence-electron chi connectivity index (χ4n) is 5.05. The number of carbonyl (C=O) groups is 1. The molecule has 5 heteroatoms. The van der Waals surface area contributed by atoms with Crippen LogP contribution >= 0.6 is 11.6 Å². The Kier molecular flexibility index (Phi) is 6.50. The van der Waals surface area contributed by atoms with Gasteiger partial charge < -0.3 is 10.6 Å². The number of benzene rings is 3. The monoisotopic (exact) mass is 445 g/mol. The summed E-state index contributed by atoms with van der Waals surface area (Å²) in [6.07, 6.45) is 1.75. The Labute approximate surface area is 194 Å². The number of amides is 1. The SMILES string of the molecule is CC(NC(=O)C(C)C1(c2ccc(C#N)cc2)CCNCC1)c1cc(Cl)cc2ccccc12. The van der Waals surface area contributed by atoms with E-state index in [2.05, 4.69) is 22.8 Å². The molecule has 2 atom stereocenters. The Morgan fingerprint density at radius 1 is 1.09 bits per heavy atom. The van der Waals surface area contributed by atoms with Crippen molar-refractivity contribution in [2.45, 2.75) is 38.1 Å². The second-order valence-electron chi connectivity index (χ2n) is 8.76. The van der Waals surface area contributed by atoms with E-state index < -0.39 is 0 Å². The number of nitrogens with zero attached hydrogens (tertiary/aromatic N) is 1. The number of hydrogen-bond acceptors (Lipinski definition) is 3. The number of carbonyl (C=O) groups excluding carboxylic acids is 1. The van der Waals surface area contributed by atoms with Gasteiger partial charge in [-0.25, -0.2) is 0 Å². The molecule has 1 saturated heterocycles. The number of hydrogen-bond donors (Lipinski definition) is 2. The Morgan fingerprint density at radius 2 is 1.78 bits per heavy atom. The standard InChI is InChI=1S/C27H28ClN3O/c1-18(27(11-13-30-14-12-27)22-9-7-20(17-29)8-10-22)26(32)31-19(2)25-16-23(28)15-21-5-3-4-6-24(21)25/h3-10,15-16,18-19,30H,11-14H2,1-2H3,(H,31,32). The average molecular weight is 446 g/mol. The summed E-state index contributed by atoms with van der Waals surface area (Å²) < 4.78 is 0. The van der Waals surface area contributed by atoms with Gasteiger partial charge in [0.2, 0.25) is 5.91 Å². The quantitative estimate of drug-likeness (QED) is 0.545. The Bertz CT molecular complexity index is 1160. The number of piperidine rings is 1. The van der Waals surface area contributed by atoms with Crippen LogP contribution in [-0.4, -0.2) is 19.0 Å². The lowest BCUT2D eigenvalue weighted by Gasteiger charge is -2.42. The van der Waals surface area contributed by atoms with Crippen LogP contribution in [0.3, 0.4) is 0 Å². The molecule has 3 aromatic rings. The summed E-state index contributed by atoms with van der Waals surface area (Å²) in [4.78, 5) is 13.5. The highest BCUT2D eigenvalue weighted by atomic mass is 35.5. The topological polar surface area (TPSA) is 64.9 Å². The van der Waals surface area contributed by atoms with Gasteiger partial charge in [0.15, 0.2) is 0 Å². The summed E-state index contributed by atoms with van der Waals surface area (Å²) in [6, 6.07) is 21.7. The molecule has 32 heavy (non-hydrogen) atoms. The molecule has 1 aliphatic rings.